The molecule has 2 fully saturated rings. The number of benzene rings is 1. The maximum atomic E-state index is 14.8. The normalized spacial score (nSPS) is 18.2. The average molecular weight is 506 g/mol. The van der Waals surface area contributed by atoms with E-state index in [1.807, 2.05) is 0 Å². The van der Waals surface area contributed by atoms with Crippen molar-refractivity contribution >= 4 is 17.6 Å². The maximum absolute atomic E-state index is 14.8. The number of hydrogen-bond acceptors (Lipinski definition) is 5. The topological polar surface area (TPSA) is 119 Å². The van der Waals surface area contributed by atoms with Crippen LogP contribution in [-0.4, -0.2) is 34.9 Å². The lowest BCUT2D eigenvalue weighted by Gasteiger charge is -2.45. The third kappa shape index (κ3) is 5.55. The number of rotatable bonds is 9. The molecule has 2 aliphatic rings. The van der Waals surface area contributed by atoms with E-state index in [0.717, 1.165) is 25.0 Å². The molecule has 4 rings (SSSR count). The van der Waals surface area contributed by atoms with Gasteiger partial charge in [0.15, 0.2) is 0 Å². The molecular weight excluding hydrogens is 475 g/mol. The van der Waals surface area contributed by atoms with Gasteiger partial charge < -0.3 is 21.1 Å². The van der Waals surface area contributed by atoms with Crippen LogP contribution in [0, 0.1) is 17.7 Å². The van der Waals surface area contributed by atoms with Gasteiger partial charge in [0.2, 0.25) is 5.88 Å². The molecule has 4 N–H and O–H groups in total. The first kappa shape index (κ1) is 25.7. The van der Waals surface area contributed by atoms with Crippen LogP contribution in [0.15, 0.2) is 30.6 Å². The number of carbonyl (C=O) groups is 2. The van der Waals surface area contributed by atoms with Crippen molar-refractivity contribution in [2.24, 2.45) is 17.6 Å². The molecular formula is C25H30F3N5O3. The van der Waals surface area contributed by atoms with E-state index in [0.29, 0.717) is 37.7 Å². The van der Waals surface area contributed by atoms with Crippen molar-refractivity contribution in [3.63, 3.8) is 0 Å². The summed E-state index contributed by atoms with van der Waals surface area (Å²) in [7, 11) is 0. The van der Waals surface area contributed by atoms with Crippen LogP contribution in [-0.2, 0) is 5.54 Å². The molecule has 36 heavy (non-hydrogen) atoms. The smallest absolute Gasteiger partial charge is 0.313 e. The van der Waals surface area contributed by atoms with E-state index in [1.54, 1.807) is 0 Å². The second kappa shape index (κ2) is 11.1. The minimum Gasteiger partial charge on any atom is -0.476 e. The molecule has 11 heteroatoms. The number of alkyl halides is 2. The monoisotopic (exact) mass is 505 g/mol. The summed E-state index contributed by atoms with van der Waals surface area (Å²) in [6, 6.07) is 2.13. The van der Waals surface area contributed by atoms with Gasteiger partial charge in [-0.2, -0.15) is 0 Å². The van der Waals surface area contributed by atoms with Crippen LogP contribution < -0.4 is 21.1 Å². The summed E-state index contributed by atoms with van der Waals surface area (Å²) in [6.45, 7) is 0.546. The Morgan fingerprint density at radius 3 is 2.42 bits per heavy atom. The largest absolute Gasteiger partial charge is 0.476 e. The van der Waals surface area contributed by atoms with E-state index in [-0.39, 0.29) is 11.4 Å². The Hall–Kier alpha value is -3.37. The molecule has 1 heterocycles. The fourth-order valence-electron chi connectivity index (χ4n) is 4.99. The summed E-state index contributed by atoms with van der Waals surface area (Å²) < 4.78 is 49.3. The fraction of sp³-hybridized carbons (Fsp3) is 0.520. The summed E-state index contributed by atoms with van der Waals surface area (Å²) in [5.41, 5.74) is 2.49. The molecule has 3 amide bonds. The van der Waals surface area contributed by atoms with Crippen LogP contribution in [0.2, 0.25) is 0 Å². The van der Waals surface area contributed by atoms with Gasteiger partial charge in [0.1, 0.15) is 17.1 Å². The number of primary amides is 1. The number of nitrogens with two attached hydrogens (primary N) is 1. The minimum absolute atomic E-state index is 0.0275. The molecule has 194 valence electrons. The number of anilines is 1. The Kier molecular flexibility index (Phi) is 7.95. The number of halogens is 3. The molecule has 0 spiro atoms. The number of nitrogens with one attached hydrogen (secondary N) is 2. The first-order valence-electron chi connectivity index (χ1n) is 12.2. The molecule has 0 unspecified atom stereocenters. The van der Waals surface area contributed by atoms with Gasteiger partial charge in [-0.25, -0.2) is 27.9 Å². The molecule has 0 aliphatic heterocycles. The van der Waals surface area contributed by atoms with Crippen LogP contribution in [0.1, 0.15) is 67.4 Å². The van der Waals surface area contributed by atoms with Crippen LogP contribution in [0.5, 0.6) is 5.88 Å². The quantitative estimate of drug-likeness (QED) is 0.454. The van der Waals surface area contributed by atoms with E-state index >= 15 is 0 Å². The first-order chi connectivity index (χ1) is 17.3. The van der Waals surface area contributed by atoms with Crippen molar-refractivity contribution in [2.75, 3.05) is 11.9 Å². The molecule has 1 aromatic heterocycles. The lowest BCUT2D eigenvalue weighted by atomic mass is 9.67. The average Bonchev–Trinajstić information content (AvgIpc) is 2.83. The zero-order chi connectivity index (χ0) is 25.7. The van der Waals surface area contributed by atoms with Gasteiger partial charge in [-0.15, -0.1) is 0 Å². The van der Waals surface area contributed by atoms with Gasteiger partial charge in [-0.05, 0) is 55.7 Å². The lowest BCUT2D eigenvalue weighted by molar-refractivity contribution is -0.0297. The predicted molar refractivity (Wildman–Crippen MR) is 126 cm³/mol. The molecule has 0 bridgehead atoms. The van der Waals surface area contributed by atoms with Crippen molar-refractivity contribution < 1.29 is 27.5 Å². The molecule has 2 saturated carbocycles. The Labute approximate surface area is 207 Å². The summed E-state index contributed by atoms with van der Waals surface area (Å²) in [5.74, 6) is -1.50. The molecule has 2 aliphatic carbocycles. The van der Waals surface area contributed by atoms with Crippen LogP contribution in [0.25, 0.3) is 0 Å². The number of urea groups is 1. The van der Waals surface area contributed by atoms with Crippen molar-refractivity contribution in [3.8, 4) is 5.88 Å². The van der Waals surface area contributed by atoms with Crippen LogP contribution in [0.4, 0.5) is 23.7 Å². The minimum atomic E-state index is -3.12. The van der Waals surface area contributed by atoms with Gasteiger partial charge in [0.25, 0.3) is 12.3 Å². The Morgan fingerprint density at radius 2 is 1.83 bits per heavy atom. The lowest BCUT2D eigenvalue weighted by Crippen LogP contribution is -2.59. The van der Waals surface area contributed by atoms with Gasteiger partial charge >= 0.3 is 6.03 Å². The van der Waals surface area contributed by atoms with E-state index in [1.165, 1.54) is 37.7 Å². The SMILES string of the molecule is NC(=O)N[C@@](c1cc(NC(=O)c2cnc(OCC3CCCCC3)cn2)ccc1F)(C(F)F)C1CCC1. The predicted octanol–water partition coefficient (Wildman–Crippen LogP) is 4.76. The number of hydrogen-bond donors (Lipinski definition) is 3. The Bertz CT molecular complexity index is 1080. The standard InChI is InChI=1S/C25H30F3N5O3/c26-19-10-9-17(11-18(19)25(23(27)28,33-24(29)35)16-7-4-8-16)32-22(34)20-12-31-21(13-30-20)36-14-15-5-2-1-3-6-15/h9-13,15-16,23H,1-8,14H2,(H,32,34)(H3,29,33,35)/t25-/m0/s1. The molecule has 2 aromatic rings. The van der Waals surface area contributed by atoms with Crippen molar-refractivity contribution in [3.05, 3.63) is 47.7 Å². The number of nitrogens with zero attached hydrogens (tertiary/aromatic N) is 2. The first-order valence-corrected chi connectivity index (χ1v) is 12.2. The van der Waals surface area contributed by atoms with Crippen molar-refractivity contribution in [2.45, 2.75) is 63.3 Å². The zero-order valence-corrected chi connectivity index (χ0v) is 19.8. The van der Waals surface area contributed by atoms with E-state index in [9.17, 15) is 22.8 Å². The summed E-state index contributed by atoms with van der Waals surface area (Å²) in [6.07, 6.45) is 6.80. The van der Waals surface area contributed by atoms with Gasteiger partial charge in [0.05, 0.1) is 19.0 Å². The van der Waals surface area contributed by atoms with Crippen molar-refractivity contribution in [1.82, 2.24) is 15.3 Å². The summed E-state index contributed by atoms with van der Waals surface area (Å²) in [5, 5.41) is 4.64. The zero-order valence-electron chi connectivity index (χ0n) is 19.8. The Balaban J connectivity index is 1.48. The van der Waals surface area contributed by atoms with Crippen LogP contribution in [0.3, 0.4) is 0 Å². The van der Waals surface area contributed by atoms with E-state index < -0.39 is 41.2 Å². The number of ether oxygens (including phenoxy) is 1. The third-order valence-corrected chi connectivity index (χ3v) is 7.15. The molecule has 8 nitrogen and oxygen atoms in total. The second-order valence-electron chi connectivity index (χ2n) is 9.49. The number of carbonyl (C=O) groups excluding carboxylic acids is 2. The summed E-state index contributed by atoms with van der Waals surface area (Å²) in [4.78, 5) is 32.5. The van der Waals surface area contributed by atoms with Crippen molar-refractivity contribution in [1.29, 1.82) is 0 Å². The highest BCUT2D eigenvalue weighted by molar-refractivity contribution is 6.02. The fourth-order valence-corrected chi connectivity index (χ4v) is 4.99. The molecule has 1 atom stereocenters. The van der Waals surface area contributed by atoms with Gasteiger partial charge in [0, 0.05) is 11.3 Å². The van der Waals surface area contributed by atoms with Crippen LogP contribution >= 0.6 is 0 Å². The van der Waals surface area contributed by atoms with E-state index in [4.69, 9.17) is 10.5 Å². The van der Waals surface area contributed by atoms with Gasteiger partial charge in [-0.1, -0.05) is 25.7 Å². The third-order valence-electron chi connectivity index (χ3n) is 7.15. The highest BCUT2D eigenvalue weighted by Crippen LogP contribution is 2.47. The van der Waals surface area contributed by atoms with E-state index in [2.05, 4.69) is 20.6 Å². The number of amides is 3. The maximum Gasteiger partial charge on any atom is 0.313 e. The summed E-state index contributed by atoms with van der Waals surface area (Å²) >= 11 is 0. The second-order valence-corrected chi connectivity index (χ2v) is 9.49. The number of aromatic nitrogens is 2. The molecule has 0 radical (unpaired) electrons. The highest BCUT2D eigenvalue weighted by Gasteiger charge is 2.52. The Morgan fingerprint density at radius 1 is 1.08 bits per heavy atom. The molecule has 1 aromatic carbocycles. The molecule has 0 saturated heterocycles. The van der Waals surface area contributed by atoms with Gasteiger partial charge in [-0.3, -0.25) is 4.79 Å². The highest BCUT2D eigenvalue weighted by atomic mass is 19.3.